The summed E-state index contributed by atoms with van der Waals surface area (Å²) in [5.74, 6) is 0.388. The second-order valence-electron chi connectivity index (χ2n) is 4.95. The van der Waals surface area contributed by atoms with E-state index in [-0.39, 0.29) is 12.2 Å². The van der Waals surface area contributed by atoms with Crippen LogP contribution in [-0.2, 0) is 13.0 Å². The van der Waals surface area contributed by atoms with Crippen LogP contribution >= 0.6 is 0 Å². The van der Waals surface area contributed by atoms with E-state index in [1.54, 1.807) is 18.2 Å². The van der Waals surface area contributed by atoms with Crippen molar-refractivity contribution in [3.05, 3.63) is 65.9 Å². The van der Waals surface area contributed by atoms with Crippen LogP contribution in [0.5, 0.6) is 5.75 Å². The zero-order valence-corrected chi connectivity index (χ0v) is 12.3. The van der Waals surface area contributed by atoms with E-state index in [2.05, 4.69) is 4.98 Å². The molecule has 0 fully saturated rings. The number of aromatic amines is 1. The number of benzene rings is 2. The van der Waals surface area contributed by atoms with Gasteiger partial charge in [-0.3, -0.25) is 0 Å². The van der Waals surface area contributed by atoms with Crippen molar-refractivity contribution in [3.8, 4) is 5.75 Å². The normalized spacial score (nSPS) is 17.8. The van der Waals surface area contributed by atoms with Crippen LogP contribution in [0.15, 0.2) is 54.7 Å². The van der Waals surface area contributed by atoms with E-state index in [4.69, 9.17) is 14.3 Å². The molecule has 0 unspecified atom stereocenters. The van der Waals surface area contributed by atoms with Gasteiger partial charge in [0.25, 0.3) is 0 Å². The Morgan fingerprint density at radius 2 is 2.05 bits per heavy atom. The lowest BCUT2D eigenvalue weighted by molar-refractivity contribution is 0.310. The van der Waals surface area contributed by atoms with E-state index in [0.29, 0.717) is 21.6 Å². The fourth-order valence-electron chi connectivity index (χ4n) is 2.25. The van der Waals surface area contributed by atoms with Crippen LogP contribution in [0, 0.1) is 0 Å². The summed E-state index contributed by atoms with van der Waals surface area (Å²) in [6.45, 7) is -5.34. The van der Waals surface area contributed by atoms with E-state index in [1.165, 1.54) is 6.20 Å². The van der Waals surface area contributed by atoms with Gasteiger partial charge in [0.15, 0.2) is 0 Å². The van der Waals surface area contributed by atoms with Crippen LogP contribution in [0.25, 0.3) is 10.9 Å². The molecular formula is C19H22N2O. The Morgan fingerprint density at radius 3 is 2.86 bits per heavy atom. The minimum atomic E-state index is -2.81. The van der Waals surface area contributed by atoms with E-state index in [0.717, 1.165) is 12.6 Å². The van der Waals surface area contributed by atoms with Gasteiger partial charge in [-0.1, -0.05) is 36.4 Å². The summed E-state index contributed by atoms with van der Waals surface area (Å²) in [4.78, 5) is 3.37. The molecule has 0 amide bonds. The molecule has 1 N–H and O–H groups in total. The maximum absolute atomic E-state index is 8.50. The molecule has 0 saturated heterocycles. The van der Waals surface area contributed by atoms with Gasteiger partial charge in [-0.05, 0) is 43.7 Å². The quantitative estimate of drug-likeness (QED) is 0.749. The Bertz CT molecular complexity index is 983. The lowest BCUT2D eigenvalue weighted by atomic mass is 10.1. The number of hydrogen-bond acceptors (Lipinski definition) is 2. The molecule has 0 saturated carbocycles. The zero-order chi connectivity index (χ0) is 21.4. The molecule has 3 nitrogen and oxygen atoms in total. The average Bonchev–Trinajstić information content (AvgIpc) is 3.11. The van der Waals surface area contributed by atoms with Crippen molar-refractivity contribution in [2.24, 2.45) is 0 Å². The number of fused-ring (bicyclic) bond motifs is 1. The summed E-state index contributed by atoms with van der Waals surface area (Å²) < 4.78 is 61.9. The lowest BCUT2D eigenvalue weighted by Crippen LogP contribution is -2.14. The van der Waals surface area contributed by atoms with Crippen LogP contribution in [0.2, 0.25) is 0 Å². The zero-order valence-electron chi connectivity index (χ0n) is 19.3. The predicted molar refractivity (Wildman–Crippen MR) is 91.3 cm³/mol. The Balaban J connectivity index is 2.03. The molecule has 0 aliphatic carbocycles. The molecule has 0 radical (unpaired) electrons. The Hall–Kier alpha value is -2.26. The molecule has 114 valence electrons. The summed E-state index contributed by atoms with van der Waals surface area (Å²) >= 11 is 0. The monoisotopic (exact) mass is 301 g/mol. The minimum absolute atomic E-state index is 0.00254. The number of aryl methyl sites for hydroxylation is 1. The van der Waals surface area contributed by atoms with E-state index in [9.17, 15) is 0 Å². The van der Waals surface area contributed by atoms with Crippen molar-refractivity contribution in [2.45, 2.75) is 13.0 Å². The van der Waals surface area contributed by atoms with E-state index >= 15 is 0 Å². The number of ether oxygens (including phenoxy) is 1. The first-order valence-electron chi connectivity index (χ1n) is 10.5. The first-order chi connectivity index (χ1) is 13.5. The number of likely N-dealkylation sites (N-methyl/N-ethyl adjacent to an activating group) is 1. The first-order valence-corrected chi connectivity index (χ1v) is 6.97. The maximum Gasteiger partial charge on any atom is 0.129 e. The van der Waals surface area contributed by atoms with Gasteiger partial charge >= 0.3 is 0 Å². The average molecular weight is 301 g/mol. The van der Waals surface area contributed by atoms with Gasteiger partial charge in [0.2, 0.25) is 0 Å². The summed E-state index contributed by atoms with van der Waals surface area (Å²) in [6.07, 6.45) is -1.27. The van der Waals surface area contributed by atoms with Gasteiger partial charge < -0.3 is 14.6 Å². The van der Waals surface area contributed by atoms with Crippen molar-refractivity contribution in [1.82, 2.24) is 9.88 Å². The third-order valence-corrected chi connectivity index (χ3v) is 3.26. The van der Waals surface area contributed by atoms with Gasteiger partial charge in [-0.2, -0.15) is 0 Å². The molecule has 0 atom stereocenters. The van der Waals surface area contributed by atoms with Crippen molar-refractivity contribution < 1.29 is 14.3 Å². The second-order valence-corrected chi connectivity index (χ2v) is 4.95. The molecule has 0 aliphatic rings. The Morgan fingerprint density at radius 1 is 1.18 bits per heavy atom. The SMILES string of the molecule is [2H]C([2H])([2H])N(C)C([2H])([2H])C([2H])([2H])c1c[nH]c2cccc(OCc3ccccc3)c12. The maximum atomic E-state index is 8.50. The van der Waals surface area contributed by atoms with Crippen LogP contribution in [0.4, 0.5) is 0 Å². The molecular weight excluding hydrogens is 272 g/mol. The summed E-state index contributed by atoms with van der Waals surface area (Å²) in [7, 11) is 1.05. The summed E-state index contributed by atoms with van der Waals surface area (Å²) in [5.41, 5.74) is 1.50. The second kappa shape index (κ2) is 6.67. The number of aromatic nitrogens is 1. The molecule has 3 heteroatoms. The highest BCUT2D eigenvalue weighted by atomic mass is 16.5. The Labute approximate surface area is 141 Å². The summed E-state index contributed by atoms with van der Waals surface area (Å²) in [6, 6.07) is 14.6. The fraction of sp³-hybridized carbons (Fsp3) is 0.263. The van der Waals surface area contributed by atoms with Gasteiger partial charge in [0.1, 0.15) is 12.4 Å². The van der Waals surface area contributed by atoms with E-state index in [1.807, 2.05) is 30.3 Å². The number of rotatable bonds is 6. The minimum Gasteiger partial charge on any atom is -0.488 e. The van der Waals surface area contributed by atoms with Crippen molar-refractivity contribution >= 4 is 10.9 Å². The summed E-state index contributed by atoms with van der Waals surface area (Å²) in [5, 5.41) is 0.385. The van der Waals surface area contributed by atoms with Crippen LogP contribution in [0.1, 0.15) is 20.7 Å². The highest BCUT2D eigenvalue weighted by molar-refractivity contribution is 5.89. The van der Waals surface area contributed by atoms with E-state index < -0.39 is 19.8 Å². The van der Waals surface area contributed by atoms with Gasteiger partial charge in [0, 0.05) is 33.2 Å². The number of nitrogens with zero attached hydrogens (tertiary/aromatic N) is 1. The van der Waals surface area contributed by atoms with Crippen LogP contribution < -0.4 is 4.74 Å². The number of hydrogen-bond donors (Lipinski definition) is 1. The van der Waals surface area contributed by atoms with Crippen LogP contribution in [-0.4, -0.2) is 30.4 Å². The molecule has 3 rings (SSSR count). The third-order valence-electron chi connectivity index (χ3n) is 3.26. The highest BCUT2D eigenvalue weighted by Crippen LogP contribution is 2.29. The standard InChI is InChI=1S/C19H22N2O/c1-21(2)12-11-16-13-20-17-9-6-10-18(19(16)17)22-14-15-7-4-3-5-8-15/h3-10,13,20H,11-12,14H2,1-2H3/i1D3,11D2,12D2. The molecule has 0 bridgehead atoms. The molecule has 1 heterocycles. The topological polar surface area (TPSA) is 28.3 Å². The smallest absolute Gasteiger partial charge is 0.129 e. The number of H-pyrrole nitrogens is 1. The molecule has 2 aromatic carbocycles. The molecule has 22 heavy (non-hydrogen) atoms. The van der Waals surface area contributed by atoms with Crippen molar-refractivity contribution in [3.63, 3.8) is 0 Å². The first kappa shape index (κ1) is 8.39. The fourth-order valence-corrected chi connectivity index (χ4v) is 2.25. The largest absolute Gasteiger partial charge is 0.488 e. The van der Waals surface area contributed by atoms with Crippen LogP contribution in [0.3, 0.4) is 0 Å². The highest BCUT2D eigenvalue weighted by Gasteiger charge is 2.10. The number of nitrogens with one attached hydrogen (secondary N) is 1. The van der Waals surface area contributed by atoms with Crippen molar-refractivity contribution in [2.75, 3.05) is 20.5 Å². The molecule has 3 aromatic rings. The van der Waals surface area contributed by atoms with Gasteiger partial charge in [-0.25, -0.2) is 0 Å². The molecule has 0 spiro atoms. The van der Waals surface area contributed by atoms with Gasteiger partial charge in [-0.15, -0.1) is 0 Å². The molecule has 1 aromatic heterocycles. The van der Waals surface area contributed by atoms with Gasteiger partial charge in [0.05, 0.1) is 0 Å². The van der Waals surface area contributed by atoms with Crippen molar-refractivity contribution in [1.29, 1.82) is 0 Å². The third kappa shape index (κ3) is 3.31. The molecule has 0 aliphatic heterocycles. The lowest BCUT2D eigenvalue weighted by Gasteiger charge is -2.11. The Kier molecular flexibility index (Phi) is 2.54. The predicted octanol–water partition coefficient (Wildman–Crippen LogP) is 3.85.